The summed E-state index contributed by atoms with van der Waals surface area (Å²) >= 11 is 6.10. The van der Waals surface area contributed by atoms with Crippen LogP contribution in [0.4, 0.5) is 0 Å². The molecule has 0 saturated heterocycles. The summed E-state index contributed by atoms with van der Waals surface area (Å²) in [5, 5.41) is 3.01. The summed E-state index contributed by atoms with van der Waals surface area (Å²) in [6.07, 6.45) is 3.55. The number of fused-ring (bicyclic) bond motifs is 3. The van der Waals surface area contributed by atoms with Gasteiger partial charge in [0.05, 0.1) is 11.7 Å². The molecule has 0 amide bonds. The van der Waals surface area contributed by atoms with Gasteiger partial charge in [0.15, 0.2) is 0 Å². The van der Waals surface area contributed by atoms with Gasteiger partial charge in [0.25, 0.3) is 0 Å². The van der Waals surface area contributed by atoms with Crippen LogP contribution in [0.2, 0.25) is 5.15 Å². The van der Waals surface area contributed by atoms with Crippen LogP contribution in [0.25, 0.3) is 16.3 Å². The van der Waals surface area contributed by atoms with Crippen molar-refractivity contribution in [1.29, 1.82) is 0 Å². The lowest BCUT2D eigenvalue weighted by atomic mass is 10.1. The lowest BCUT2D eigenvalue weighted by Crippen LogP contribution is -1.85. The van der Waals surface area contributed by atoms with Crippen molar-refractivity contribution in [3.8, 4) is 0 Å². The lowest BCUT2D eigenvalue weighted by Gasteiger charge is -2.02. The summed E-state index contributed by atoms with van der Waals surface area (Å²) < 4.78 is 1.88. The second-order valence-electron chi connectivity index (χ2n) is 3.20. The van der Waals surface area contributed by atoms with E-state index in [1.54, 1.807) is 6.33 Å². The van der Waals surface area contributed by atoms with Gasteiger partial charge in [-0.2, -0.15) is 0 Å². The van der Waals surface area contributed by atoms with Crippen molar-refractivity contribution in [1.82, 2.24) is 9.38 Å². The molecule has 0 atom stereocenters. The molecule has 0 spiro atoms. The average Bonchev–Trinajstić information content (AvgIpc) is 2.67. The Bertz CT molecular complexity index is 613. The highest BCUT2D eigenvalue weighted by Crippen LogP contribution is 2.24. The summed E-state index contributed by atoms with van der Waals surface area (Å²) in [5.41, 5.74) is 1.05. The Morgan fingerprint density at radius 3 is 3.00 bits per heavy atom. The highest BCUT2D eigenvalue weighted by atomic mass is 35.5. The van der Waals surface area contributed by atoms with E-state index in [1.807, 2.05) is 34.9 Å². The van der Waals surface area contributed by atoms with Gasteiger partial charge in [-0.15, -0.1) is 0 Å². The van der Waals surface area contributed by atoms with Gasteiger partial charge in [0, 0.05) is 5.39 Å². The Balaban J connectivity index is 2.66. The largest absolute Gasteiger partial charge is 0.289 e. The minimum atomic E-state index is 0.691. The molecule has 0 aliphatic carbocycles. The zero-order valence-electron chi connectivity index (χ0n) is 7.31. The van der Waals surface area contributed by atoms with Crippen LogP contribution in [0.1, 0.15) is 0 Å². The molecule has 0 radical (unpaired) electrons. The highest BCUT2D eigenvalue weighted by molar-refractivity contribution is 6.30. The summed E-state index contributed by atoms with van der Waals surface area (Å²) in [6.45, 7) is 0. The molecule has 0 bridgehead atoms. The first kappa shape index (κ1) is 7.83. The smallest absolute Gasteiger partial charge is 0.115 e. The third kappa shape index (κ3) is 0.946. The van der Waals surface area contributed by atoms with Gasteiger partial charge < -0.3 is 0 Å². The molecule has 0 fully saturated rings. The molecule has 3 rings (SSSR count). The second kappa shape index (κ2) is 2.72. The van der Waals surface area contributed by atoms with Crippen molar-refractivity contribution in [2.24, 2.45) is 0 Å². The fourth-order valence-corrected chi connectivity index (χ4v) is 1.97. The summed E-state index contributed by atoms with van der Waals surface area (Å²) in [7, 11) is 0. The first-order chi connectivity index (χ1) is 6.86. The van der Waals surface area contributed by atoms with Crippen LogP contribution in [0.5, 0.6) is 0 Å². The number of aromatic nitrogens is 2. The number of halogens is 1. The van der Waals surface area contributed by atoms with Crippen LogP contribution in [-0.2, 0) is 0 Å². The van der Waals surface area contributed by atoms with Crippen LogP contribution in [-0.4, -0.2) is 9.38 Å². The average molecular weight is 203 g/mol. The maximum absolute atomic E-state index is 6.10. The summed E-state index contributed by atoms with van der Waals surface area (Å²) in [4.78, 5) is 4.09. The fraction of sp³-hybridized carbons (Fsp3) is 0. The molecule has 3 heteroatoms. The second-order valence-corrected chi connectivity index (χ2v) is 3.59. The normalized spacial score (nSPS) is 11.2. The van der Waals surface area contributed by atoms with Gasteiger partial charge in [0.1, 0.15) is 11.5 Å². The Morgan fingerprint density at radius 2 is 2.07 bits per heavy atom. The molecule has 14 heavy (non-hydrogen) atoms. The van der Waals surface area contributed by atoms with E-state index in [2.05, 4.69) is 11.1 Å². The number of hydrogen-bond donors (Lipinski definition) is 0. The van der Waals surface area contributed by atoms with Crippen LogP contribution in [0, 0.1) is 0 Å². The molecule has 68 valence electrons. The number of pyridine rings is 1. The Kier molecular flexibility index (Phi) is 1.52. The van der Waals surface area contributed by atoms with E-state index in [-0.39, 0.29) is 0 Å². The minimum Gasteiger partial charge on any atom is -0.289 e. The molecule has 0 aliphatic heterocycles. The van der Waals surface area contributed by atoms with E-state index >= 15 is 0 Å². The number of benzene rings is 1. The van der Waals surface area contributed by atoms with Crippen LogP contribution in [0.3, 0.4) is 0 Å². The van der Waals surface area contributed by atoms with Crippen LogP contribution < -0.4 is 0 Å². The zero-order valence-corrected chi connectivity index (χ0v) is 8.07. The summed E-state index contributed by atoms with van der Waals surface area (Å²) in [5.74, 6) is 0. The molecule has 2 heterocycles. The van der Waals surface area contributed by atoms with Gasteiger partial charge in [-0.3, -0.25) is 4.40 Å². The van der Waals surface area contributed by atoms with E-state index in [4.69, 9.17) is 11.6 Å². The number of nitrogens with zero attached hydrogens (tertiary/aromatic N) is 2. The molecule has 2 nitrogen and oxygen atoms in total. The molecule has 0 aliphatic rings. The monoisotopic (exact) mass is 202 g/mol. The van der Waals surface area contributed by atoms with E-state index < -0.39 is 0 Å². The predicted molar refractivity (Wildman–Crippen MR) is 57.7 cm³/mol. The molecule has 3 aromatic rings. The van der Waals surface area contributed by atoms with Gasteiger partial charge in [-0.05, 0) is 11.5 Å². The van der Waals surface area contributed by atoms with Crippen molar-refractivity contribution in [3.05, 3.63) is 48.0 Å². The van der Waals surface area contributed by atoms with E-state index in [0.29, 0.717) is 5.15 Å². The Hall–Kier alpha value is -1.54. The maximum atomic E-state index is 6.10. The maximum Gasteiger partial charge on any atom is 0.115 e. The van der Waals surface area contributed by atoms with Gasteiger partial charge >= 0.3 is 0 Å². The van der Waals surface area contributed by atoms with Gasteiger partial charge in [-0.25, -0.2) is 4.98 Å². The van der Waals surface area contributed by atoms with Crippen LogP contribution >= 0.6 is 11.6 Å². The third-order valence-corrected chi connectivity index (χ3v) is 2.67. The number of hydrogen-bond acceptors (Lipinski definition) is 1. The SMILES string of the molecule is Clc1cc2ccccc2c2cncn12. The Morgan fingerprint density at radius 1 is 1.21 bits per heavy atom. The predicted octanol–water partition coefficient (Wildman–Crippen LogP) is 3.14. The van der Waals surface area contributed by atoms with Crippen molar-refractivity contribution in [2.75, 3.05) is 0 Å². The molecule has 2 aromatic heterocycles. The minimum absolute atomic E-state index is 0.691. The van der Waals surface area contributed by atoms with Crippen molar-refractivity contribution >= 4 is 27.9 Å². The highest BCUT2D eigenvalue weighted by Gasteiger charge is 2.03. The lowest BCUT2D eigenvalue weighted by molar-refractivity contribution is 1.16. The first-order valence-electron chi connectivity index (χ1n) is 4.35. The molecule has 0 saturated carbocycles. The molecular weight excluding hydrogens is 196 g/mol. The Labute approximate surface area is 85.8 Å². The van der Waals surface area contributed by atoms with E-state index in [1.165, 1.54) is 5.39 Å². The van der Waals surface area contributed by atoms with Crippen molar-refractivity contribution in [2.45, 2.75) is 0 Å². The van der Waals surface area contributed by atoms with Crippen molar-refractivity contribution in [3.63, 3.8) is 0 Å². The molecule has 1 aromatic carbocycles. The number of imidazole rings is 1. The van der Waals surface area contributed by atoms with Gasteiger partial charge in [0.2, 0.25) is 0 Å². The van der Waals surface area contributed by atoms with E-state index in [0.717, 1.165) is 10.9 Å². The fourth-order valence-electron chi connectivity index (χ4n) is 1.72. The number of rotatable bonds is 0. The third-order valence-electron chi connectivity index (χ3n) is 2.38. The summed E-state index contributed by atoms with van der Waals surface area (Å²) in [6, 6.07) is 10.1. The first-order valence-corrected chi connectivity index (χ1v) is 4.73. The van der Waals surface area contributed by atoms with Crippen molar-refractivity contribution < 1.29 is 0 Å². The quantitative estimate of drug-likeness (QED) is 0.512. The topological polar surface area (TPSA) is 17.3 Å². The zero-order chi connectivity index (χ0) is 9.54. The van der Waals surface area contributed by atoms with Crippen LogP contribution in [0.15, 0.2) is 42.9 Å². The standard InChI is InChI=1S/C11H7ClN2/c12-11-5-8-3-1-2-4-9(8)10-6-13-7-14(10)11/h1-7H. The van der Waals surface area contributed by atoms with E-state index in [9.17, 15) is 0 Å². The molecular formula is C11H7ClN2. The molecule has 0 unspecified atom stereocenters. The molecule has 0 N–H and O–H groups in total. The van der Waals surface area contributed by atoms with Gasteiger partial charge in [-0.1, -0.05) is 35.9 Å².